The number of rotatable bonds is 6. The Morgan fingerprint density at radius 1 is 1.50 bits per heavy atom. The first-order valence-corrected chi connectivity index (χ1v) is 6.12. The third-order valence-electron chi connectivity index (χ3n) is 2.32. The van der Waals surface area contributed by atoms with Crippen molar-refractivity contribution in [3.05, 3.63) is 23.7 Å². The molecule has 0 saturated carbocycles. The fraction of sp³-hybridized carbons (Fsp3) is 0.583. The Morgan fingerprint density at radius 3 is 2.81 bits per heavy atom. The van der Waals surface area contributed by atoms with Crippen molar-refractivity contribution in [1.29, 1.82) is 0 Å². The molecule has 1 aromatic heterocycles. The van der Waals surface area contributed by atoms with Crippen LogP contribution in [0.4, 0.5) is 0 Å². The summed E-state index contributed by atoms with van der Waals surface area (Å²) in [7, 11) is 0. The molecule has 16 heavy (non-hydrogen) atoms. The molecule has 0 aliphatic rings. The number of carbonyl (C=O) groups is 1. The minimum Gasteiger partial charge on any atom is -0.456 e. The summed E-state index contributed by atoms with van der Waals surface area (Å²) >= 11 is 6.00. The summed E-state index contributed by atoms with van der Waals surface area (Å²) in [6, 6.07) is 3.51. The molecule has 0 radical (unpaired) electrons. The highest BCUT2D eigenvalue weighted by Gasteiger charge is 2.11. The van der Waals surface area contributed by atoms with Gasteiger partial charge >= 0.3 is 0 Å². The lowest BCUT2D eigenvalue weighted by Crippen LogP contribution is -2.29. The molecule has 0 aliphatic carbocycles. The van der Waals surface area contributed by atoms with E-state index >= 15 is 0 Å². The van der Waals surface area contributed by atoms with Crippen LogP contribution in [0.3, 0.4) is 0 Å². The Balaban J connectivity index is 2.40. The van der Waals surface area contributed by atoms with Crippen LogP contribution in [-0.4, -0.2) is 17.8 Å². The molecule has 4 heteroatoms. The van der Waals surface area contributed by atoms with Gasteiger partial charge in [0.15, 0.2) is 5.76 Å². The Morgan fingerprint density at radius 2 is 2.25 bits per heavy atom. The van der Waals surface area contributed by atoms with Crippen LogP contribution in [0.5, 0.6) is 0 Å². The summed E-state index contributed by atoms with van der Waals surface area (Å²) < 4.78 is 5.33. The summed E-state index contributed by atoms with van der Waals surface area (Å²) in [4.78, 5) is 11.6. The average Bonchev–Trinajstić information content (AvgIpc) is 2.75. The predicted molar refractivity (Wildman–Crippen MR) is 65.0 cm³/mol. The summed E-state index contributed by atoms with van der Waals surface area (Å²) in [6.07, 6.45) is 2.71. The number of carbonyl (C=O) groups excluding carboxylic acids is 1. The highest BCUT2D eigenvalue weighted by Crippen LogP contribution is 2.09. The van der Waals surface area contributed by atoms with E-state index in [2.05, 4.69) is 12.2 Å². The standard InChI is InChI=1S/C12H18ClNO2/c1-3-5-9(13)8-14-12(15)11-7-6-10(4-2)16-11/h6-7,9H,3-5,8H2,1-2H3,(H,14,15). The van der Waals surface area contributed by atoms with Crippen molar-refractivity contribution >= 4 is 17.5 Å². The second kappa shape index (κ2) is 6.59. The molecule has 1 atom stereocenters. The fourth-order valence-electron chi connectivity index (χ4n) is 1.40. The van der Waals surface area contributed by atoms with Crippen molar-refractivity contribution in [2.45, 2.75) is 38.5 Å². The van der Waals surface area contributed by atoms with E-state index in [1.54, 1.807) is 6.07 Å². The highest BCUT2D eigenvalue weighted by molar-refractivity contribution is 6.20. The van der Waals surface area contributed by atoms with Crippen LogP contribution in [0, 0.1) is 0 Å². The third-order valence-corrected chi connectivity index (χ3v) is 2.69. The minimum atomic E-state index is -0.193. The monoisotopic (exact) mass is 243 g/mol. The van der Waals surface area contributed by atoms with E-state index in [9.17, 15) is 4.79 Å². The third kappa shape index (κ3) is 3.89. The molecule has 0 aromatic carbocycles. The topological polar surface area (TPSA) is 42.2 Å². The lowest BCUT2D eigenvalue weighted by molar-refractivity contribution is 0.0924. The molecule has 90 valence electrons. The van der Waals surface area contributed by atoms with Crippen molar-refractivity contribution in [2.24, 2.45) is 0 Å². The van der Waals surface area contributed by atoms with Crippen LogP contribution in [0.25, 0.3) is 0 Å². The number of hydrogen-bond acceptors (Lipinski definition) is 2. The summed E-state index contributed by atoms with van der Waals surface area (Å²) in [6.45, 7) is 4.53. The number of amides is 1. The molecule has 1 heterocycles. The zero-order valence-electron chi connectivity index (χ0n) is 9.75. The first-order valence-electron chi connectivity index (χ1n) is 5.68. The zero-order chi connectivity index (χ0) is 12.0. The Kier molecular flexibility index (Phi) is 5.39. The molecule has 1 unspecified atom stereocenters. The fourth-order valence-corrected chi connectivity index (χ4v) is 1.69. The average molecular weight is 244 g/mol. The molecule has 0 fully saturated rings. The smallest absolute Gasteiger partial charge is 0.287 e. The van der Waals surface area contributed by atoms with E-state index < -0.39 is 0 Å². The highest BCUT2D eigenvalue weighted by atomic mass is 35.5. The lowest BCUT2D eigenvalue weighted by atomic mass is 10.2. The molecule has 0 aliphatic heterocycles. The van der Waals surface area contributed by atoms with Gasteiger partial charge in [-0.25, -0.2) is 0 Å². The molecular weight excluding hydrogens is 226 g/mol. The van der Waals surface area contributed by atoms with Crippen LogP contribution in [0.15, 0.2) is 16.5 Å². The first-order chi connectivity index (χ1) is 7.67. The minimum absolute atomic E-state index is 0.00504. The van der Waals surface area contributed by atoms with Crippen LogP contribution in [0.1, 0.15) is 43.0 Å². The van der Waals surface area contributed by atoms with Crippen LogP contribution in [-0.2, 0) is 6.42 Å². The maximum atomic E-state index is 11.6. The van der Waals surface area contributed by atoms with Gasteiger partial charge in [0.05, 0.1) is 5.38 Å². The second-order valence-electron chi connectivity index (χ2n) is 3.72. The molecule has 1 aromatic rings. The van der Waals surface area contributed by atoms with E-state index in [0.29, 0.717) is 12.3 Å². The summed E-state index contributed by atoms with van der Waals surface area (Å²) in [5.41, 5.74) is 0. The van der Waals surface area contributed by atoms with Crippen molar-refractivity contribution < 1.29 is 9.21 Å². The molecule has 1 rings (SSSR count). The van der Waals surface area contributed by atoms with Gasteiger partial charge in [-0.1, -0.05) is 20.3 Å². The van der Waals surface area contributed by atoms with Crippen molar-refractivity contribution in [3.8, 4) is 0 Å². The van der Waals surface area contributed by atoms with Gasteiger partial charge in [-0.3, -0.25) is 4.79 Å². The van der Waals surface area contributed by atoms with E-state index in [-0.39, 0.29) is 11.3 Å². The lowest BCUT2D eigenvalue weighted by Gasteiger charge is -2.08. The van der Waals surface area contributed by atoms with E-state index in [4.69, 9.17) is 16.0 Å². The molecule has 1 N–H and O–H groups in total. The SMILES string of the molecule is CCCC(Cl)CNC(=O)c1ccc(CC)o1. The van der Waals surface area contributed by atoms with Gasteiger partial charge in [-0.2, -0.15) is 0 Å². The zero-order valence-corrected chi connectivity index (χ0v) is 10.5. The molecule has 0 spiro atoms. The largest absolute Gasteiger partial charge is 0.456 e. The van der Waals surface area contributed by atoms with Crippen LogP contribution < -0.4 is 5.32 Å². The summed E-state index contributed by atoms with van der Waals surface area (Å²) in [5.74, 6) is 0.986. The van der Waals surface area contributed by atoms with Gasteiger partial charge in [0, 0.05) is 13.0 Å². The Bertz CT molecular complexity index is 336. The van der Waals surface area contributed by atoms with Crippen molar-refractivity contribution in [2.75, 3.05) is 6.54 Å². The number of nitrogens with one attached hydrogen (secondary N) is 1. The predicted octanol–water partition coefficient (Wildman–Crippen LogP) is 2.98. The molecule has 1 amide bonds. The van der Waals surface area contributed by atoms with E-state index in [1.165, 1.54) is 0 Å². The number of furan rings is 1. The van der Waals surface area contributed by atoms with Gasteiger partial charge in [-0.05, 0) is 18.6 Å². The number of halogens is 1. The van der Waals surface area contributed by atoms with Gasteiger partial charge in [0.2, 0.25) is 0 Å². The van der Waals surface area contributed by atoms with Crippen LogP contribution >= 0.6 is 11.6 Å². The molecule has 0 saturated heterocycles. The normalized spacial score (nSPS) is 12.4. The van der Waals surface area contributed by atoms with Gasteiger partial charge < -0.3 is 9.73 Å². The van der Waals surface area contributed by atoms with Gasteiger partial charge in [0.1, 0.15) is 5.76 Å². The maximum Gasteiger partial charge on any atom is 0.287 e. The first kappa shape index (κ1) is 13.1. The number of aryl methyl sites for hydroxylation is 1. The Hall–Kier alpha value is -0.960. The molecule has 3 nitrogen and oxygen atoms in total. The van der Waals surface area contributed by atoms with Gasteiger partial charge in [-0.15, -0.1) is 11.6 Å². The quantitative estimate of drug-likeness (QED) is 0.781. The van der Waals surface area contributed by atoms with E-state index in [1.807, 2.05) is 13.0 Å². The van der Waals surface area contributed by atoms with Crippen molar-refractivity contribution in [1.82, 2.24) is 5.32 Å². The summed E-state index contributed by atoms with van der Waals surface area (Å²) in [5, 5.41) is 2.75. The maximum absolute atomic E-state index is 11.6. The van der Waals surface area contributed by atoms with Gasteiger partial charge in [0.25, 0.3) is 5.91 Å². The second-order valence-corrected chi connectivity index (χ2v) is 4.33. The number of hydrogen-bond donors (Lipinski definition) is 1. The van der Waals surface area contributed by atoms with Crippen molar-refractivity contribution in [3.63, 3.8) is 0 Å². The Labute approximate surface area is 101 Å². The van der Waals surface area contributed by atoms with E-state index in [0.717, 1.165) is 25.0 Å². The molecular formula is C12H18ClNO2. The van der Waals surface area contributed by atoms with Crippen LogP contribution in [0.2, 0.25) is 0 Å². The molecule has 0 bridgehead atoms. The number of alkyl halides is 1.